The largest absolute Gasteiger partial charge is 0.378 e. The summed E-state index contributed by atoms with van der Waals surface area (Å²) in [5.74, 6) is 0.171. The van der Waals surface area contributed by atoms with Crippen molar-refractivity contribution in [1.82, 2.24) is 9.47 Å². The third-order valence-electron chi connectivity index (χ3n) is 5.20. The summed E-state index contributed by atoms with van der Waals surface area (Å²) < 4.78 is 7.26. The van der Waals surface area contributed by atoms with E-state index in [1.54, 1.807) is 0 Å². The average molecular weight is 376 g/mol. The molecule has 0 bridgehead atoms. The number of amides is 1. The molecular formula is C23H24N2O3. The Kier molecular flexibility index (Phi) is 5.53. The number of benzene rings is 2. The maximum Gasteiger partial charge on any atom is 0.256 e. The highest BCUT2D eigenvalue weighted by molar-refractivity contribution is 6.07. The van der Waals surface area contributed by atoms with Gasteiger partial charge in [0, 0.05) is 36.6 Å². The zero-order valence-corrected chi connectivity index (χ0v) is 15.8. The highest BCUT2D eigenvalue weighted by Crippen LogP contribution is 2.23. The molecule has 0 unspecified atom stereocenters. The number of para-hydroxylation sites is 1. The molecule has 28 heavy (non-hydrogen) atoms. The van der Waals surface area contributed by atoms with Crippen LogP contribution in [0.3, 0.4) is 0 Å². The minimum Gasteiger partial charge on any atom is -0.378 e. The molecule has 1 saturated heterocycles. The minimum absolute atomic E-state index is 0.00924. The second-order valence-corrected chi connectivity index (χ2v) is 7.12. The molecule has 0 radical (unpaired) electrons. The standard InChI is InChI=1S/C23H24N2O3/c26-19(11-10-18-6-2-1-3-7-18)16-25-17-21(20-8-4-5-9-22(20)25)23(27)24-12-14-28-15-13-24/h1-9,17H,10-16H2. The van der Waals surface area contributed by atoms with Gasteiger partial charge in [0.2, 0.25) is 0 Å². The van der Waals surface area contributed by atoms with Crippen LogP contribution in [0.5, 0.6) is 0 Å². The lowest BCUT2D eigenvalue weighted by molar-refractivity contribution is -0.119. The highest BCUT2D eigenvalue weighted by atomic mass is 16.5. The van der Waals surface area contributed by atoms with Crippen molar-refractivity contribution in [2.45, 2.75) is 19.4 Å². The lowest BCUT2D eigenvalue weighted by Gasteiger charge is -2.26. The maximum atomic E-state index is 13.0. The quantitative estimate of drug-likeness (QED) is 0.663. The molecule has 4 rings (SSSR count). The van der Waals surface area contributed by atoms with Crippen LogP contribution in [0.1, 0.15) is 22.3 Å². The molecule has 1 amide bonds. The number of hydrogen-bond donors (Lipinski definition) is 0. The van der Waals surface area contributed by atoms with E-state index in [-0.39, 0.29) is 18.2 Å². The monoisotopic (exact) mass is 376 g/mol. The van der Waals surface area contributed by atoms with E-state index in [0.717, 1.165) is 22.9 Å². The molecule has 1 aromatic heterocycles. The molecule has 2 heterocycles. The Balaban J connectivity index is 1.52. The Morgan fingerprint density at radius 3 is 2.43 bits per heavy atom. The summed E-state index contributed by atoms with van der Waals surface area (Å²) in [6.07, 6.45) is 3.06. The van der Waals surface area contributed by atoms with Gasteiger partial charge in [0.1, 0.15) is 0 Å². The Morgan fingerprint density at radius 1 is 0.929 bits per heavy atom. The molecule has 5 nitrogen and oxygen atoms in total. The zero-order valence-electron chi connectivity index (χ0n) is 15.8. The van der Waals surface area contributed by atoms with Crippen molar-refractivity contribution < 1.29 is 14.3 Å². The van der Waals surface area contributed by atoms with Crippen molar-refractivity contribution in [3.63, 3.8) is 0 Å². The number of ether oxygens (including phenoxy) is 1. The number of morpholine rings is 1. The topological polar surface area (TPSA) is 51.5 Å². The summed E-state index contributed by atoms with van der Waals surface area (Å²) in [7, 11) is 0. The number of hydrogen-bond acceptors (Lipinski definition) is 3. The Hall–Kier alpha value is -2.92. The van der Waals surface area contributed by atoms with Crippen LogP contribution >= 0.6 is 0 Å². The van der Waals surface area contributed by atoms with Gasteiger partial charge in [-0.15, -0.1) is 0 Å². The zero-order chi connectivity index (χ0) is 19.3. The molecule has 2 aromatic carbocycles. The van der Waals surface area contributed by atoms with Gasteiger partial charge >= 0.3 is 0 Å². The molecule has 0 saturated carbocycles. The van der Waals surface area contributed by atoms with Crippen molar-refractivity contribution in [1.29, 1.82) is 0 Å². The van der Waals surface area contributed by atoms with Crippen molar-refractivity contribution in [3.05, 3.63) is 71.9 Å². The van der Waals surface area contributed by atoms with Crippen molar-refractivity contribution in [2.24, 2.45) is 0 Å². The predicted octanol–water partition coefficient (Wildman–Crippen LogP) is 3.32. The summed E-state index contributed by atoms with van der Waals surface area (Å²) in [5, 5.41) is 0.898. The number of aromatic nitrogens is 1. The fraction of sp³-hybridized carbons (Fsp3) is 0.304. The summed E-state index contributed by atoms with van der Waals surface area (Å²) in [4.78, 5) is 27.4. The van der Waals surface area contributed by atoms with Gasteiger partial charge in [-0.3, -0.25) is 9.59 Å². The molecule has 0 spiro atoms. The van der Waals surface area contributed by atoms with Crippen LogP contribution in [-0.2, 0) is 22.5 Å². The first kappa shape index (κ1) is 18.4. The number of fused-ring (bicyclic) bond motifs is 1. The van der Waals surface area contributed by atoms with Gasteiger partial charge in [0.05, 0.1) is 25.3 Å². The van der Waals surface area contributed by atoms with Gasteiger partial charge in [-0.2, -0.15) is 0 Å². The average Bonchev–Trinajstić information content (AvgIpc) is 3.11. The van der Waals surface area contributed by atoms with E-state index in [1.165, 1.54) is 0 Å². The van der Waals surface area contributed by atoms with Crippen LogP contribution in [0, 0.1) is 0 Å². The number of carbonyl (C=O) groups is 2. The Labute approximate surface area is 164 Å². The number of nitrogens with zero attached hydrogens (tertiary/aromatic N) is 2. The van der Waals surface area contributed by atoms with Crippen LogP contribution in [0.25, 0.3) is 10.9 Å². The first-order valence-electron chi connectivity index (χ1n) is 9.73. The SMILES string of the molecule is O=C(CCc1ccccc1)Cn1cc(C(=O)N2CCOCC2)c2ccccc21. The molecule has 1 fully saturated rings. The number of rotatable bonds is 6. The molecule has 0 N–H and O–H groups in total. The van der Waals surface area contributed by atoms with E-state index in [0.29, 0.717) is 38.3 Å². The molecular weight excluding hydrogens is 352 g/mol. The molecule has 1 aliphatic rings. The van der Waals surface area contributed by atoms with E-state index >= 15 is 0 Å². The van der Waals surface area contributed by atoms with Gasteiger partial charge < -0.3 is 14.2 Å². The molecule has 0 atom stereocenters. The fourth-order valence-electron chi connectivity index (χ4n) is 3.68. The van der Waals surface area contributed by atoms with E-state index in [2.05, 4.69) is 0 Å². The van der Waals surface area contributed by atoms with E-state index in [4.69, 9.17) is 4.74 Å². The predicted molar refractivity (Wildman–Crippen MR) is 108 cm³/mol. The van der Waals surface area contributed by atoms with Crippen LogP contribution in [-0.4, -0.2) is 47.5 Å². The summed E-state index contributed by atoms with van der Waals surface area (Å²) in [5.41, 5.74) is 2.75. The lowest BCUT2D eigenvalue weighted by atomic mass is 10.1. The Bertz CT molecular complexity index is 972. The maximum absolute atomic E-state index is 13.0. The molecule has 144 valence electrons. The number of Topliss-reactive ketones (excluding diaryl/α,β-unsaturated/α-hetero) is 1. The second-order valence-electron chi connectivity index (χ2n) is 7.12. The van der Waals surface area contributed by atoms with Crippen LogP contribution in [0.4, 0.5) is 0 Å². The van der Waals surface area contributed by atoms with Crippen LogP contribution in [0.15, 0.2) is 60.8 Å². The summed E-state index contributed by atoms with van der Waals surface area (Å²) in [6, 6.07) is 17.8. The van der Waals surface area contributed by atoms with Crippen molar-refractivity contribution in [2.75, 3.05) is 26.3 Å². The molecule has 1 aliphatic heterocycles. The normalized spacial score (nSPS) is 14.4. The molecule has 3 aromatic rings. The van der Waals surface area contributed by atoms with Crippen LogP contribution in [0.2, 0.25) is 0 Å². The molecule has 5 heteroatoms. The first-order chi connectivity index (χ1) is 13.7. The summed E-state index contributed by atoms with van der Waals surface area (Å²) in [6.45, 7) is 2.64. The van der Waals surface area contributed by atoms with Gasteiger partial charge in [-0.1, -0.05) is 48.5 Å². The van der Waals surface area contributed by atoms with E-state index in [9.17, 15) is 9.59 Å². The van der Waals surface area contributed by atoms with Crippen molar-refractivity contribution >= 4 is 22.6 Å². The third kappa shape index (κ3) is 3.99. The molecule has 0 aliphatic carbocycles. The van der Waals surface area contributed by atoms with Crippen LogP contribution < -0.4 is 0 Å². The number of carbonyl (C=O) groups excluding carboxylic acids is 2. The van der Waals surface area contributed by atoms with E-state index in [1.807, 2.05) is 70.3 Å². The fourth-order valence-corrected chi connectivity index (χ4v) is 3.68. The first-order valence-corrected chi connectivity index (χ1v) is 9.73. The smallest absolute Gasteiger partial charge is 0.256 e. The van der Waals surface area contributed by atoms with Crippen molar-refractivity contribution in [3.8, 4) is 0 Å². The van der Waals surface area contributed by atoms with Gasteiger partial charge in [0.15, 0.2) is 5.78 Å². The van der Waals surface area contributed by atoms with Gasteiger partial charge in [-0.25, -0.2) is 0 Å². The third-order valence-corrected chi connectivity index (χ3v) is 5.20. The van der Waals surface area contributed by atoms with Gasteiger partial charge in [-0.05, 0) is 18.1 Å². The lowest BCUT2D eigenvalue weighted by Crippen LogP contribution is -2.40. The highest BCUT2D eigenvalue weighted by Gasteiger charge is 2.22. The van der Waals surface area contributed by atoms with Gasteiger partial charge in [0.25, 0.3) is 5.91 Å². The summed E-state index contributed by atoms with van der Waals surface area (Å²) >= 11 is 0. The second kappa shape index (κ2) is 8.40. The Morgan fingerprint density at radius 2 is 1.64 bits per heavy atom. The minimum atomic E-state index is 0.00924. The van der Waals surface area contributed by atoms with E-state index < -0.39 is 0 Å². The number of aryl methyl sites for hydroxylation is 1. The number of ketones is 1.